The first kappa shape index (κ1) is 13.9. The molecule has 2 aromatic heterocycles. The number of fused-ring (bicyclic) bond motifs is 1. The molecule has 1 aromatic carbocycles. The standard InChI is InChI=1S/C16H16BrN3O/c1-19(2)15-10-6-9-13-16(17)18-14(20(13)15)11-21-12-7-4-3-5-8-12/h3-10H,11H2,1-2H3. The van der Waals surface area contributed by atoms with Crippen LogP contribution in [0.4, 0.5) is 5.82 Å². The largest absolute Gasteiger partial charge is 0.486 e. The van der Waals surface area contributed by atoms with Gasteiger partial charge in [0.25, 0.3) is 0 Å². The number of pyridine rings is 1. The van der Waals surface area contributed by atoms with E-state index < -0.39 is 0 Å². The zero-order valence-corrected chi connectivity index (χ0v) is 13.5. The van der Waals surface area contributed by atoms with Crippen LogP contribution in [0.3, 0.4) is 0 Å². The number of para-hydroxylation sites is 1. The van der Waals surface area contributed by atoms with Gasteiger partial charge in [-0.1, -0.05) is 24.3 Å². The molecule has 0 bridgehead atoms. The molecule has 5 heteroatoms. The van der Waals surface area contributed by atoms with Gasteiger partial charge in [-0.25, -0.2) is 4.98 Å². The summed E-state index contributed by atoms with van der Waals surface area (Å²) in [4.78, 5) is 6.64. The number of hydrogen-bond acceptors (Lipinski definition) is 3. The van der Waals surface area contributed by atoms with Gasteiger partial charge in [0, 0.05) is 14.1 Å². The van der Waals surface area contributed by atoms with Crippen LogP contribution in [0.1, 0.15) is 5.82 Å². The van der Waals surface area contributed by atoms with Gasteiger partial charge in [0.1, 0.15) is 22.8 Å². The highest BCUT2D eigenvalue weighted by Crippen LogP contribution is 2.25. The molecule has 0 radical (unpaired) electrons. The first-order valence-corrected chi connectivity index (χ1v) is 7.47. The van der Waals surface area contributed by atoms with E-state index >= 15 is 0 Å². The number of nitrogens with zero attached hydrogens (tertiary/aromatic N) is 3. The smallest absolute Gasteiger partial charge is 0.154 e. The third-order valence-electron chi connectivity index (χ3n) is 3.24. The monoisotopic (exact) mass is 345 g/mol. The highest BCUT2D eigenvalue weighted by Gasteiger charge is 2.13. The summed E-state index contributed by atoms with van der Waals surface area (Å²) in [6.45, 7) is 0.418. The molecule has 0 aliphatic rings. The van der Waals surface area contributed by atoms with Gasteiger partial charge in [0.15, 0.2) is 5.82 Å². The maximum atomic E-state index is 5.83. The Morgan fingerprint density at radius 1 is 1.10 bits per heavy atom. The molecule has 0 unspecified atom stereocenters. The van der Waals surface area contributed by atoms with E-state index in [0.29, 0.717) is 6.61 Å². The molecular weight excluding hydrogens is 330 g/mol. The Morgan fingerprint density at radius 2 is 1.86 bits per heavy atom. The van der Waals surface area contributed by atoms with Crippen molar-refractivity contribution >= 4 is 27.3 Å². The van der Waals surface area contributed by atoms with Gasteiger partial charge in [-0.15, -0.1) is 0 Å². The van der Waals surface area contributed by atoms with E-state index in [9.17, 15) is 0 Å². The van der Waals surface area contributed by atoms with Crippen LogP contribution in [0.2, 0.25) is 0 Å². The molecule has 0 N–H and O–H groups in total. The van der Waals surface area contributed by atoms with Crippen molar-refractivity contribution in [1.29, 1.82) is 0 Å². The molecule has 0 atom stereocenters. The fourth-order valence-corrected chi connectivity index (χ4v) is 2.78. The van der Waals surface area contributed by atoms with E-state index in [1.807, 2.05) is 56.6 Å². The predicted octanol–water partition coefficient (Wildman–Crippen LogP) is 3.74. The van der Waals surface area contributed by atoms with Crippen LogP contribution in [0.25, 0.3) is 5.52 Å². The van der Waals surface area contributed by atoms with Crippen molar-refractivity contribution in [3.8, 4) is 5.75 Å². The summed E-state index contributed by atoms with van der Waals surface area (Å²) in [5, 5.41) is 0. The molecule has 0 spiro atoms. The second-order valence-electron chi connectivity index (χ2n) is 4.92. The fraction of sp³-hybridized carbons (Fsp3) is 0.188. The van der Waals surface area contributed by atoms with Crippen molar-refractivity contribution in [3.05, 3.63) is 59.0 Å². The van der Waals surface area contributed by atoms with Gasteiger partial charge < -0.3 is 9.64 Å². The van der Waals surface area contributed by atoms with E-state index in [4.69, 9.17) is 4.74 Å². The van der Waals surface area contributed by atoms with E-state index in [1.54, 1.807) is 0 Å². The second-order valence-corrected chi connectivity index (χ2v) is 5.67. The number of rotatable bonds is 4. The molecule has 0 aliphatic carbocycles. The van der Waals surface area contributed by atoms with Gasteiger partial charge in [-0.3, -0.25) is 4.40 Å². The van der Waals surface area contributed by atoms with Gasteiger partial charge in [-0.05, 0) is 40.2 Å². The molecule has 0 saturated heterocycles. The van der Waals surface area contributed by atoms with Crippen molar-refractivity contribution in [3.63, 3.8) is 0 Å². The highest BCUT2D eigenvalue weighted by atomic mass is 79.9. The predicted molar refractivity (Wildman–Crippen MR) is 88.0 cm³/mol. The summed E-state index contributed by atoms with van der Waals surface area (Å²) in [6.07, 6.45) is 0. The van der Waals surface area contributed by atoms with Crippen molar-refractivity contribution in [2.24, 2.45) is 0 Å². The van der Waals surface area contributed by atoms with Crippen molar-refractivity contribution in [2.75, 3.05) is 19.0 Å². The number of ether oxygens (including phenoxy) is 1. The Balaban J connectivity index is 1.98. The lowest BCUT2D eigenvalue weighted by Gasteiger charge is -2.16. The van der Waals surface area contributed by atoms with Gasteiger partial charge in [0.2, 0.25) is 0 Å². The number of aromatic nitrogens is 2. The van der Waals surface area contributed by atoms with Gasteiger partial charge >= 0.3 is 0 Å². The first-order valence-electron chi connectivity index (χ1n) is 6.68. The van der Waals surface area contributed by atoms with Crippen LogP contribution in [0, 0.1) is 0 Å². The van der Waals surface area contributed by atoms with Gasteiger partial charge in [0.05, 0.1) is 5.52 Å². The van der Waals surface area contributed by atoms with E-state index in [2.05, 4.69) is 36.3 Å². The highest BCUT2D eigenvalue weighted by molar-refractivity contribution is 9.10. The number of imidazole rings is 1. The number of anilines is 1. The Bertz CT molecular complexity index is 753. The molecule has 3 rings (SSSR count). The fourth-order valence-electron chi connectivity index (χ4n) is 2.26. The molecule has 0 amide bonds. The van der Waals surface area contributed by atoms with Crippen molar-refractivity contribution in [1.82, 2.24) is 9.38 Å². The molecule has 0 aliphatic heterocycles. The zero-order chi connectivity index (χ0) is 14.8. The average Bonchev–Trinajstić information content (AvgIpc) is 2.83. The molecule has 3 aromatic rings. The second kappa shape index (κ2) is 5.77. The molecule has 0 fully saturated rings. The SMILES string of the molecule is CN(C)c1cccc2c(Br)nc(COc3ccccc3)n12. The lowest BCUT2D eigenvalue weighted by atomic mass is 10.3. The lowest BCUT2D eigenvalue weighted by Crippen LogP contribution is -2.14. The third kappa shape index (κ3) is 2.74. The summed E-state index contributed by atoms with van der Waals surface area (Å²) in [7, 11) is 4.04. The number of hydrogen-bond donors (Lipinski definition) is 0. The van der Waals surface area contributed by atoms with Crippen LogP contribution in [-0.4, -0.2) is 23.5 Å². The zero-order valence-electron chi connectivity index (χ0n) is 12.0. The minimum absolute atomic E-state index is 0.418. The minimum Gasteiger partial charge on any atom is -0.486 e. The van der Waals surface area contributed by atoms with Crippen LogP contribution in [0.5, 0.6) is 5.75 Å². The van der Waals surface area contributed by atoms with Crippen molar-refractivity contribution in [2.45, 2.75) is 6.61 Å². The molecule has 108 valence electrons. The minimum atomic E-state index is 0.418. The van der Waals surface area contributed by atoms with Crippen LogP contribution >= 0.6 is 15.9 Å². The summed E-state index contributed by atoms with van der Waals surface area (Å²) in [6, 6.07) is 15.9. The Labute approximate surface area is 132 Å². The summed E-state index contributed by atoms with van der Waals surface area (Å²) >= 11 is 3.52. The number of benzene rings is 1. The summed E-state index contributed by atoms with van der Waals surface area (Å²) in [5.41, 5.74) is 1.04. The Morgan fingerprint density at radius 3 is 2.57 bits per heavy atom. The molecule has 2 heterocycles. The van der Waals surface area contributed by atoms with E-state index in [1.165, 1.54) is 0 Å². The van der Waals surface area contributed by atoms with E-state index in [-0.39, 0.29) is 0 Å². The van der Waals surface area contributed by atoms with Gasteiger partial charge in [-0.2, -0.15) is 0 Å². The Hall–Kier alpha value is -2.01. The molecule has 0 saturated carbocycles. The topological polar surface area (TPSA) is 29.8 Å². The molecule has 21 heavy (non-hydrogen) atoms. The molecule has 4 nitrogen and oxygen atoms in total. The summed E-state index contributed by atoms with van der Waals surface area (Å²) < 4.78 is 8.76. The normalized spacial score (nSPS) is 10.8. The van der Waals surface area contributed by atoms with Crippen LogP contribution in [0.15, 0.2) is 53.1 Å². The maximum Gasteiger partial charge on any atom is 0.154 e. The van der Waals surface area contributed by atoms with Crippen LogP contribution < -0.4 is 9.64 Å². The molecular formula is C16H16BrN3O. The van der Waals surface area contributed by atoms with Crippen LogP contribution in [-0.2, 0) is 6.61 Å². The third-order valence-corrected chi connectivity index (χ3v) is 3.82. The van der Waals surface area contributed by atoms with E-state index in [0.717, 1.165) is 27.5 Å². The summed E-state index contributed by atoms with van der Waals surface area (Å²) in [5.74, 6) is 2.77. The van der Waals surface area contributed by atoms with Crippen molar-refractivity contribution < 1.29 is 4.74 Å². The maximum absolute atomic E-state index is 5.83. The number of halogens is 1. The quantitative estimate of drug-likeness (QED) is 0.721. The Kier molecular flexibility index (Phi) is 3.84. The average molecular weight is 346 g/mol. The lowest BCUT2D eigenvalue weighted by molar-refractivity contribution is 0.295. The first-order chi connectivity index (χ1) is 10.2.